The fraction of sp³-hybridized carbons (Fsp3) is 0.364. The number of hydrogen-bond donors (Lipinski definition) is 1. The van der Waals surface area contributed by atoms with Gasteiger partial charge in [-0.05, 0) is 17.7 Å². The van der Waals surface area contributed by atoms with E-state index < -0.39 is 11.6 Å². The van der Waals surface area contributed by atoms with Crippen molar-refractivity contribution < 1.29 is 13.5 Å². The molecule has 0 unspecified atom stereocenters. The van der Waals surface area contributed by atoms with E-state index in [0.717, 1.165) is 12.1 Å². The van der Waals surface area contributed by atoms with Crippen molar-refractivity contribution in [1.29, 1.82) is 5.26 Å². The first-order valence-corrected chi connectivity index (χ1v) is 4.73. The van der Waals surface area contributed by atoms with Crippen molar-refractivity contribution in [3.63, 3.8) is 0 Å². The standard InChI is InChI=1S/C11H12F2N2O/c1-16-7-11(15-5-4-14)8-2-3-9(12)10(13)6-8/h2-3,6,11,15H,5,7H2,1H3/t11-/m1/s1. The number of hydrogen-bond acceptors (Lipinski definition) is 3. The predicted molar refractivity (Wildman–Crippen MR) is 54.6 cm³/mol. The van der Waals surface area contributed by atoms with Crippen LogP contribution in [0.1, 0.15) is 11.6 Å². The van der Waals surface area contributed by atoms with Crippen molar-refractivity contribution in [2.24, 2.45) is 0 Å². The maximum Gasteiger partial charge on any atom is 0.159 e. The summed E-state index contributed by atoms with van der Waals surface area (Å²) in [5.41, 5.74) is 0.552. The molecule has 0 spiro atoms. The van der Waals surface area contributed by atoms with Gasteiger partial charge in [0.2, 0.25) is 0 Å². The van der Waals surface area contributed by atoms with Crippen molar-refractivity contribution in [1.82, 2.24) is 5.32 Å². The molecule has 1 aromatic rings. The summed E-state index contributed by atoms with van der Waals surface area (Å²) in [6.07, 6.45) is 0. The molecule has 0 aliphatic rings. The molecule has 16 heavy (non-hydrogen) atoms. The van der Waals surface area contributed by atoms with E-state index in [1.807, 2.05) is 6.07 Å². The second-order valence-electron chi connectivity index (χ2n) is 3.22. The fourth-order valence-electron chi connectivity index (χ4n) is 1.34. The maximum atomic E-state index is 13.0. The summed E-state index contributed by atoms with van der Waals surface area (Å²) in [6, 6.07) is 5.22. The normalized spacial score (nSPS) is 12.1. The zero-order valence-corrected chi connectivity index (χ0v) is 8.84. The minimum Gasteiger partial charge on any atom is -0.383 e. The molecule has 0 saturated carbocycles. The minimum absolute atomic E-state index is 0.118. The Bertz CT molecular complexity index is 390. The van der Waals surface area contributed by atoms with E-state index in [1.165, 1.54) is 13.2 Å². The molecule has 0 radical (unpaired) electrons. The highest BCUT2D eigenvalue weighted by Crippen LogP contribution is 2.16. The van der Waals surface area contributed by atoms with Gasteiger partial charge in [0.1, 0.15) is 0 Å². The molecular formula is C11H12F2N2O. The van der Waals surface area contributed by atoms with Crippen molar-refractivity contribution in [2.45, 2.75) is 6.04 Å². The first-order chi connectivity index (χ1) is 7.69. The third kappa shape index (κ3) is 3.26. The van der Waals surface area contributed by atoms with Gasteiger partial charge in [-0.15, -0.1) is 0 Å². The zero-order valence-electron chi connectivity index (χ0n) is 8.84. The first-order valence-electron chi connectivity index (χ1n) is 4.73. The van der Waals surface area contributed by atoms with Crippen LogP contribution >= 0.6 is 0 Å². The van der Waals surface area contributed by atoms with Crippen LogP contribution in [0.15, 0.2) is 18.2 Å². The van der Waals surface area contributed by atoms with Gasteiger partial charge in [-0.25, -0.2) is 8.78 Å². The largest absolute Gasteiger partial charge is 0.383 e. The van der Waals surface area contributed by atoms with Gasteiger partial charge >= 0.3 is 0 Å². The van der Waals surface area contributed by atoms with Crippen LogP contribution in [0.25, 0.3) is 0 Å². The molecule has 1 N–H and O–H groups in total. The Labute approximate surface area is 92.6 Å². The summed E-state index contributed by atoms with van der Waals surface area (Å²) in [5, 5.41) is 11.3. The number of benzene rings is 1. The van der Waals surface area contributed by atoms with E-state index >= 15 is 0 Å². The average Bonchev–Trinajstić information content (AvgIpc) is 2.28. The van der Waals surface area contributed by atoms with Gasteiger partial charge in [-0.3, -0.25) is 5.32 Å². The molecule has 0 saturated heterocycles. The number of halogens is 2. The van der Waals surface area contributed by atoms with Gasteiger partial charge in [0.05, 0.1) is 25.3 Å². The Morgan fingerprint density at radius 1 is 1.44 bits per heavy atom. The molecule has 5 heteroatoms. The van der Waals surface area contributed by atoms with Crippen LogP contribution in [0.3, 0.4) is 0 Å². The van der Waals surface area contributed by atoms with Crippen LogP contribution in [0.5, 0.6) is 0 Å². The van der Waals surface area contributed by atoms with Gasteiger partial charge < -0.3 is 4.74 Å². The van der Waals surface area contributed by atoms with Crippen LogP contribution in [0.2, 0.25) is 0 Å². The van der Waals surface area contributed by atoms with Crippen LogP contribution in [0.4, 0.5) is 8.78 Å². The predicted octanol–water partition coefficient (Wildman–Crippen LogP) is 1.77. The van der Waals surface area contributed by atoms with Crippen LogP contribution < -0.4 is 5.32 Å². The summed E-state index contributed by atoms with van der Waals surface area (Å²) in [6.45, 7) is 0.403. The second-order valence-corrected chi connectivity index (χ2v) is 3.22. The molecule has 0 fully saturated rings. The molecular weight excluding hydrogens is 214 g/mol. The number of methoxy groups -OCH3 is 1. The van der Waals surface area contributed by atoms with E-state index in [2.05, 4.69) is 5.32 Å². The molecule has 0 aliphatic carbocycles. The van der Waals surface area contributed by atoms with E-state index in [4.69, 9.17) is 10.00 Å². The van der Waals surface area contributed by atoms with Crippen molar-refractivity contribution in [3.05, 3.63) is 35.4 Å². The number of nitrogens with zero attached hydrogens (tertiary/aromatic N) is 1. The molecule has 0 aromatic heterocycles. The van der Waals surface area contributed by atoms with Crippen LogP contribution in [-0.2, 0) is 4.74 Å². The lowest BCUT2D eigenvalue weighted by Gasteiger charge is -2.16. The molecule has 1 rings (SSSR count). The molecule has 0 heterocycles. The fourth-order valence-corrected chi connectivity index (χ4v) is 1.34. The van der Waals surface area contributed by atoms with Crippen LogP contribution in [0, 0.1) is 23.0 Å². The van der Waals surface area contributed by atoms with E-state index in [9.17, 15) is 8.78 Å². The summed E-state index contributed by atoms with van der Waals surface area (Å²) >= 11 is 0. The summed E-state index contributed by atoms with van der Waals surface area (Å²) < 4.78 is 30.7. The summed E-state index contributed by atoms with van der Waals surface area (Å²) in [7, 11) is 1.50. The average molecular weight is 226 g/mol. The number of rotatable bonds is 5. The monoisotopic (exact) mass is 226 g/mol. The summed E-state index contributed by atoms with van der Waals surface area (Å²) in [4.78, 5) is 0. The highest BCUT2D eigenvalue weighted by atomic mass is 19.2. The van der Waals surface area contributed by atoms with Gasteiger partial charge in [-0.1, -0.05) is 6.07 Å². The maximum absolute atomic E-state index is 13.0. The number of ether oxygens (including phenoxy) is 1. The van der Waals surface area contributed by atoms with Gasteiger partial charge in [0.25, 0.3) is 0 Å². The lowest BCUT2D eigenvalue weighted by Crippen LogP contribution is -2.25. The number of nitriles is 1. The van der Waals surface area contributed by atoms with Crippen molar-refractivity contribution in [2.75, 3.05) is 20.3 Å². The smallest absolute Gasteiger partial charge is 0.159 e. The highest BCUT2D eigenvalue weighted by molar-refractivity contribution is 5.21. The Morgan fingerprint density at radius 2 is 2.19 bits per heavy atom. The van der Waals surface area contributed by atoms with Crippen molar-refractivity contribution in [3.8, 4) is 6.07 Å². The Hall–Kier alpha value is -1.51. The second kappa shape index (κ2) is 6.16. The zero-order chi connectivity index (χ0) is 12.0. The lowest BCUT2D eigenvalue weighted by molar-refractivity contribution is 0.168. The molecule has 1 aromatic carbocycles. The topological polar surface area (TPSA) is 45.0 Å². The van der Waals surface area contributed by atoms with Crippen molar-refractivity contribution >= 4 is 0 Å². The Kier molecular flexibility index (Phi) is 4.83. The molecule has 3 nitrogen and oxygen atoms in total. The summed E-state index contributed by atoms with van der Waals surface area (Å²) in [5.74, 6) is -1.79. The van der Waals surface area contributed by atoms with E-state index in [-0.39, 0.29) is 19.2 Å². The Morgan fingerprint density at radius 3 is 2.75 bits per heavy atom. The molecule has 0 bridgehead atoms. The first kappa shape index (κ1) is 12.6. The minimum atomic E-state index is -0.905. The van der Waals surface area contributed by atoms with Crippen LogP contribution in [-0.4, -0.2) is 20.3 Å². The lowest BCUT2D eigenvalue weighted by atomic mass is 10.1. The number of nitrogens with one attached hydrogen (secondary N) is 1. The van der Waals surface area contributed by atoms with Gasteiger partial charge in [0, 0.05) is 7.11 Å². The third-order valence-electron chi connectivity index (χ3n) is 2.11. The SMILES string of the molecule is COC[C@@H](NCC#N)c1ccc(F)c(F)c1. The van der Waals surface area contributed by atoms with Gasteiger partial charge in [0.15, 0.2) is 11.6 Å². The molecule has 1 atom stereocenters. The highest BCUT2D eigenvalue weighted by Gasteiger charge is 2.12. The molecule has 0 aliphatic heterocycles. The molecule has 86 valence electrons. The quantitative estimate of drug-likeness (QED) is 0.778. The molecule has 0 amide bonds. The van der Waals surface area contributed by atoms with Gasteiger partial charge in [-0.2, -0.15) is 5.26 Å². The van der Waals surface area contributed by atoms with E-state index in [0.29, 0.717) is 5.56 Å². The third-order valence-corrected chi connectivity index (χ3v) is 2.11. The Balaban J connectivity index is 2.83. The van der Waals surface area contributed by atoms with E-state index in [1.54, 1.807) is 0 Å².